The summed E-state index contributed by atoms with van der Waals surface area (Å²) < 4.78 is 1.13. The van der Waals surface area contributed by atoms with Crippen LogP contribution in [0.1, 0.15) is 21.5 Å². The average Bonchev–Trinajstić information content (AvgIpc) is 2.57. The Bertz CT molecular complexity index is 704. The molecule has 0 aliphatic carbocycles. The molecule has 0 spiro atoms. The van der Waals surface area contributed by atoms with Gasteiger partial charge in [0.05, 0.1) is 0 Å². The van der Waals surface area contributed by atoms with Crippen LogP contribution in [0.15, 0.2) is 46.9 Å². The minimum Gasteiger partial charge on any atom is -0.368 e. The second-order valence-corrected chi connectivity index (χ2v) is 6.93. The van der Waals surface area contributed by atoms with Crippen LogP contribution in [0.25, 0.3) is 0 Å². The molecule has 1 aliphatic heterocycles. The maximum absolute atomic E-state index is 12.6. The van der Waals surface area contributed by atoms with E-state index in [0.29, 0.717) is 0 Å². The molecule has 0 bridgehead atoms. The summed E-state index contributed by atoms with van der Waals surface area (Å²) in [4.78, 5) is 16.9. The SMILES string of the molecule is Cc1ccc(C(=O)N2CCN(c3ccc(Br)c(C)c3)CC2)cc1. The number of benzene rings is 2. The van der Waals surface area contributed by atoms with Crippen LogP contribution in [0.2, 0.25) is 0 Å². The van der Waals surface area contributed by atoms with Crippen LogP contribution in [0.3, 0.4) is 0 Å². The Kier molecular flexibility index (Phi) is 4.71. The van der Waals surface area contributed by atoms with Gasteiger partial charge in [-0.1, -0.05) is 33.6 Å². The minimum absolute atomic E-state index is 0.136. The van der Waals surface area contributed by atoms with Gasteiger partial charge in [0.1, 0.15) is 0 Å². The first-order valence-electron chi connectivity index (χ1n) is 7.91. The summed E-state index contributed by atoms with van der Waals surface area (Å²) in [5.41, 5.74) is 4.43. The molecule has 1 aliphatic rings. The molecule has 2 aromatic rings. The molecule has 4 heteroatoms. The monoisotopic (exact) mass is 372 g/mol. The lowest BCUT2D eigenvalue weighted by Crippen LogP contribution is -2.48. The highest BCUT2D eigenvalue weighted by Crippen LogP contribution is 2.24. The van der Waals surface area contributed by atoms with Crippen LogP contribution in [-0.2, 0) is 0 Å². The van der Waals surface area contributed by atoms with E-state index in [9.17, 15) is 4.79 Å². The van der Waals surface area contributed by atoms with Crippen molar-refractivity contribution in [1.29, 1.82) is 0 Å². The summed E-state index contributed by atoms with van der Waals surface area (Å²) in [5.74, 6) is 0.136. The molecule has 1 saturated heterocycles. The number of rotatable bonds is 2. The molecule has 0 saturated carbocycles. The van der Waals surface area contributed by atoms with E-state index in [4.69, 9.17) is 0 Å². The predicted octanol–water partition coefficient (Wildman–Crippen LogP) is 4.03. The molecular weight excluding hydrogens is 352 g/mol. The lowest BCUT2D eigenvalue weighted by molar-refractivity contribution is 0.0747. The quantitative estimate of drug-likeness (QED) is 0.794. The van der Waals surface area contributed by atoms with Crippen molar-refractivity contribution in [2.75, 3.05) is 31.1 Å². The number of hydrogen-bond acceptors (Lipinski definition) is 2. The molecule has 3 nitrogen and oxygen atoms in total. The maximum Gasteiger partial charge on any atom is 0.253 e. The van der Waals surface area contributed by atoms with Crippen LogP contribution < -0.4 is 4.90 Å². The van der Waals surface area contributed by atoms with Crippen LogP contribution in [0.5, 0.6) is 0 Å². The van der Waals surface area contributed by atoms with Gasteiger partial charge >= 0.3 is 0 Å². The van der Waals surface area contributed by atoms with Gasteiger partial charge in [0.2, 0.25) is 0 Å². The largest absolute Gasteiger partial charge is 0.368 e. The number of carbonyl (C=O) groups excluding carboxylic acids is 1. The standard InChI is InChI=1S/C19H21BrN2O/c1-14-3-5-16(6-4-14)19(23)22-11-9-21(10-12-22)17-7-8-18(20)15(2)13-17/h3-8,13H,9-12H2,1-2H3. The Hall–Kier alpha value is -1.81. The third-order valence-electron chi connectivity index (χ3n) is 4.37. The van der Waals surface area contributed by atoms with Crippen LogP contribution in [-0.4, -0.2) is 37.0 Å². The zero-order valence-electron chi connectivity index (χ0n) is 13.6. The highest BCUT2D eigenvalue weighted by molar-refractivity contribution is 9.10. The van der Waals surface area contributed by atoms with Crippen LogP contribution in [0.4, 0.5) is 5.69 Å². The van der Waals surface area contributed by atoms with Gasteiger partial charge in [-0.25, -0.2) is 0 Å². The summed E-state index contributed by atoms with van der Waals surface area (Å²) in [6.45, 7) is 7.42. The van der Waals surface area contributed by atoms with Crippen molar-refractivity contribution in [2.24, 2.45) is 0 Å². The number of amides is 1. The van der Waals surface area contributed by atoms with E-state index in [1.54, 1.807) is 0 Å². The van der Waals surface area contributed by atoms with Crippen molar-refractivity contribution < 1.29 is 4.79 Å². The van der Waals surface area contributed by atoms with Gasteiger partial charge in [-0.2, -0.15) is 0 Å². The molecular formula is C19H21BrN2O. The molecule has 0 unspecified atom stereocenters. The zero-order chi connectivity index (χ0) is 16.4. The fourth-order valence-electron chi connectivity index (χ4n) is 2.87. The molecule has 0 N–H and O–H groups in total. The first-order valence-corrected chi connectivity index (χ1v) is 8.71. The molecule has 23 heavy (non-hydrogen) atoms. The Labute approximate surface area is 146 Å². The molecule has 120 valence electrons. The first kappa shape index (κ1) is 16.1. The zero-order valence-corrected chi connectivity index (χ0v) is 15.1. The number of aryl methyl sites for hydroxylation is 2. The third kappa shape index (κ3) is 3.58. The third-order valence-corrected chi connectivity index (χ3v) is 5.26. The number of piperazine rings is 1. The maximum atomic E-state index is 12.6. The fourth-order valence-corrected chi connectivity index (χ4v) is 3.12. The van der Waals surface area contributed by atoms with Gasteiger partial charge in [-0.05, 0) is 49.7 Å². The Morgan fingerprint density at radius 2 is 1.61 bits per heavy atom. The van der Waals surface area contributed by atoms with Crippen LogP contribution >= 0.6 is 15.9 Å². The predicted molar refractivity (Wildman–Crippen MR) is 98.2 cm³/mol. The van der Waals surface area contributed by atoms with E-state index in [0.717, 1.165) is 36.2 Å². The van der Waals surface area contributed by atoms with E-state index in [1.807, 2.05) is 36.1 Å². The van der Waals surface area contributed by atoms with E-state index in [2.05, 4.69) is 46.0 Å². The molecule has 0 radical (unpaired) electrons. The second-order valence-electron chi connectivity index (χ2n) is 6.08. The van der Waals surface area contributed by atoms with E-state index >= 15 is 0 Å². The van der Waals surface area contributed by atoms with Gasteiger partial charge in [-0.15, -0.1) is 0 Å². The summed E-state index contributed by atoms with van der Waals surface area (Å²) in [7, 11) is 0. The van der Waals surface area contributed by atoms with E-state index < -0.39 is 0 Å². The van der Waals surface area contributed by atoms with Gasteiger partial charge in [0.25, 0.3) is 5.91 Å². The molecule has 0 aromatic heterocycles. The van der Waals surface area contributed by atoms with Crippen molar-refractivity contribution in [2.45, 2.75) is 13.8 Å². The summed E-state index contributed by atoms with van der Waals surface area (Å²) >= 11 is 3.54. The second kappa shape index (κ2) is 6.75. The van der Waals surface area contributed by atoms with Crippen molar-refractivity contribution in [3.63, 3.8) is 0 Å². The Balaban J connectivity index is 1.64. The fraction of sp³-hybridized carbons (Fsp3) is 0.316. The summed E-state index contributed by atoms with van der Waals surface area (Å²) in [6, 6.07) is 14.2. The Morgan fingerprint density at radius 3 is 2.22 bits per heavy atom. The van der Waals surface area contributed by atoms with Gasteiger partial charge < -0.3 is 9.80 Å². The summed E-state index contributed by atoms with van der Waals surface area (Å²) in [5, 5.41) is 0. The smallest absolute Gasteiger partial charge is 0.253 e. The van der Waals surface area contributed by atoms with Crippen molar-refractivity contribution in [1.82, 2.24) is 4.90 Å². The number of halogens is 1. The molecule has 2 aromatic carbocycles. The van der Waals surface area contributed by atoms with Gasteiger partial charge in [-0.3, -0.25) is 4.79 Å². The highest BCUT2D eigenvalue weighted by Gasteiger charge is 2.22. The Morgan fingerprint density at radius 1 is 0.957 bits per heavy atom. The van der Waals surface area contributed by atoms with Crippen molar-refractivity contribution in [3.8, 4) is 0 Å². The number of nitrogens with zero attached hydrogens (tertiary/aromatic N) is 2. The van der Waals surface area contributed by atoms with Crippen LogP contribution in [0, 0.1) is 13.8 Å². The topological polar surface area (TPSA) is 23.6 Å². The van der Waals surface area contributed by atoms with Crippen molar-refractivity contribution in [3.05, 3.63) is 63.6 Å². The molecule has 3 rings (SSSR count). The van der Waals surface area contributed by atoms with Gasteiger partial charge in [0.15, 0.2) is 0 Å². The van der Waals surface area contributed by atoms with Gasteiger partial charge in [0, 0.05) is 41.9 Å². The first-order chi connectivity index (χ1) is 11.0. The lowest BCUT2D eigenvalue weighted by Gasteiger charge is -2.36. The summed E-state index contributed by atoms with van der Waals surface area (Å²) in [6.07, 6.45) is 0. The molecule has 1 fully saturated rings. The number of anilines is 1. The normalized spacial score (nSPS) is 14.9. The van der Waals surface area contributed by atoms with E-state index in [1.165, 1.54) is 16.8 Å². The number of carbonyl (C=O) groups is 1. The average molecular weight is 373 g/mol. The lowest BCUT2D eigenvalue weighted by atomic mass is 10.1. The molecule has 0 atom stereocenters. The minimum atomic E-state index is 0.136. The highest BCUT2D eigenvalue weighted by atomic mass is 79.9. The molecule has 1 heterocycles. The molecule has 1 amide bonds. The number of hydrogen-bond donors (Lipinski definition) is 0. The van der Waals surface area contributed by atoms with E-state index in [-0.39, 0.29) is 5.91 Å². The van der Waals surface area contributed by atoms with Crippen molar-refractivity contribution >= 4 is 27.5 Å².